The SMILES string of the molecule is Cc1nc2c(n1CC(O)(CN)C1CC1)CCCC2. The Bertz CT molecular complexity index is 450. The fourth-order valence-electron chi connectivity index (χ4n) is 3.20. The molecule has 1 aromatic rings. The predicted molar refractivity (Wildman–Crippen MR) is 70.3 cm³/mol. The number of aliphatic hydroxyl groups is 1. The summed E-state index contributed by atoms with van der Waals surface area (Å²) in [6, 6.07) is 0. The fraction of sp³-hybridized carbons (Fsp3) is 0.786. The van der Waals surface area contributed by atoms with E-state index in [-0.39, 0.29) is 0 Å². The molecule has 1 fully saturated rings. The molecule has 3 N–H and O–H groups in total. The lowest BCUT2D eigenvalue weighted by atomic mass is 9.96. The molecule has 1 aromatic heterocycles. The summed E-state index contributed by atoms with van der Waals surface area (Å²) in [6.07, 6.45) is 6.90. The molecule has 1 saturated carbocycles. The Balaban J connectivity index is 1.89. The maximum Gasteiger partial charge on any atom is 0.106 e. The molecule has 1 atom stereocenters. The van der Waals surface area contributed by atoms with Crippen molar-refractivity contribution in [1.29, 1.82) is 0 Å². The molecule has 0 bridgehead atoms. The topological polar surface area (TPSA) is 64.1 Å². The van der Waals surface area contributed by atoms with Crippen LogP contribution in [-0.4, -0.2) is 26.8 Å². The minimum atomic E-state index is -0.726. The van der Waals surface area contributed by atoms with Gasteiger partial charge in [-0.1, -0.05) is 0 Å². The minimum Gasteiger partial charge on any atom is -0.386 e. The van der Waals surface area contributed by atoms with Crippen molar-refractivity contribution in [1.82, 2.24) is 9.55 Å². The van der Waals surface area contributed by atoms with Gasteiger partial charge in [-0.25, -0.2) is 4.98 Å². The molecule has 3 rings (SSSR count). The Morgan fingerprint density at radius 1 is 1.39 bits per heavy atom. The quantitative estimate of drug-likeness (QED) is 0.842. The van der Waals surface area contributed by atoms with Crippen molar-refractivity contribution in [3.63, 3.8) is 0 Å². The second kappa shape index (κ2) is 4.35. The lowest BCUT2D eigenvalue weighted by Gasteiger charge is -2.29. The molecule has 0 amide bonds. The van der Waals surface area contributed by atoms with Gasteiger partial charge in [-0.15, -0.1) is 0 Å². The van der Waals surface area contributed by atoms with E-state index in [0.717, 1.165) is 31.5 Å². The van der Waals surface area contributed by atoms with Crippen molar-refractivity contribution in [3.05, 3.63) is 17.2 Å². The summed E-state index contributed by atoms with van der Waals surface area (Å²) in [6.45, 7) is 3.02. The summed E-state index contributed by atoms with van der Waals surface area (Å²) in [4.78, 5) is 4.66. The Hall–Kier alpha value is -0.870. The molecule has 4 nitrogen and oxygen atoms in total. The van der Waals surface area contributed by atoms with Crippen LogP contribution in [0.2, 0.25) is 0 Å². The number of fused-ring (bicyclic) bond motifs is 1. The lowest BCUT2D eigenvalue weighted by Crippen LogP contribution is -2.44. The third-order valence-corrected chi connectivity index (χ3v) is 4.55. The molecule has 0 saturated heterocycles. The van der Waals surface area contributed by atoms with Crippen molar-refractivity contribution in [2.45, 2.75) is 57.6 Å². The number of hydrogen-bond donors (Lipinski definition) is 2. The molecule has 4 heteroatoms. The van der Waals surface area contributed by atoms with Crippen LogP contribution in [0.15, 0.2) is 0 Å². The second-order valence-electron chi connectivity index (χ2n) is 5.93. The molecule has 18 heavy (non-hydrogen) atoms. The summed E-state index contributed by atoms with van der Waals surface area (Å²) in [7, 11) is 0. The van der Waals surface area contributed by atoms with Gasteiger partial charge in [0.15, 0.2) is 0 Å². The van der Waals surface area contributed by atoms with E-state index >= 15 is 0 Å². The third-order valence-electron chi connectivity index (χ3n) is 4.55. The molecule has 0 spiro atoms. The Morgan fingerprint density at radius 2 is 2.11 bits per heavy atom. The summed E-state index contributed by atoms with van der Waals surface area (Å²) < 4.78 is 2.22. The normalized spacial score (nSPS) is 22.6. The molecule has 0 aromatic carbocycles. The van der Waals surface area contributed by atoms with E-state index in [1.165, 1.54) is 24.2 Å². The Kier molecular flexibility index (Phi) is 2.94. The first-order valence-corrected chi connectivity index (χ1v) is 7.11. The first kappa shape index (κ1) is 12.2. The van der Waals surface area contributed by atoms with E-state index in [9.17, 15) is 5.11 Å². The minimum absolute atomic E-state index is 0.351. The van der Waals surface area contributed by atoms with Crippen LogP contribution in [0.3, 0.4) is 0 Å². The highest BCUT2D eigenvalue weighted by Gasteiger charge is 2.43. The first-order valence-electron chi connectivity index (χ1n) is 7.11. The van der Waals surface area contributed by atoms with Gasteiger partial charge in [-0.3, -0.25) is 0 Å². The number of rotatable bonds is 4. The highest BCUT2D eigenvalue weighted by atomic mass is 16.3. The maximum absolute atomic E-state index is 10.7. The number of nitrogens with two attached hydrogens (primary N) is 1. The van der Waals surface area contributed by atoms with Crippen LogP contribution in [0.1, 0.15) is 42.9 Å². The average molecular weight is 249 g/mol. The zero-order chi connectivity index (χ0) is 12.8. The zero-order valence-corrected chi connectivity index (χ0v) is 11.2. The first-order chi connectivity index (χ1) is 8.64. The Morgan fingerprint density at radius 3 is 2.78 bits per heavy atom. The monoisotopic (exact) mass is 249 g/mol. The molecule has 100 valence electrons. The van der Waals surface area contributed by atoms with Crippen molar-refractivity contribution in [2.75, 3.05) is 6.54 Å². The van der Waals surface area contributed by atoms with Crippen LogP contribution < -0.4 is 5.73 Å². The number of aryl methyl sites for hydroxylation is 2. The molecule has 1 unspecified atom stereocenters. The smallest absolute Gasteiger partial charge is 0.106 e. The predicted octanol–water partition coefficient (Wildman–Crippen LogP) is 1.17. The molecule has 2 aliphatic rings. The highest BCUT2D eigenvalue weighted by Crippen LogP contribution is 2.40. The summed E-state index contributed by atoms with van der Waals surface area (Å²) in [5.74, 6) is 1.43. The molecular weight excluding hydrogens is 226 g/mol. The largest absolute Gasteiger partial charge is 0.386 e. The van der Waals surface area contributed by atoms with Crippen LogP contribution in [0, 0.1) is 12.8 Å². The average Bonchev–Trinajstić information content (AvgIpc) is 3.17. The third kappa shape index (κ3) is 1.97. The van der Waals surface area contributed by atoms with Crippen molar-refractivity contribution in [2.24, 2.45) is 11.7 Å². The van der Waals surface area contributed by atoms with E-state index in [0.29, 0.717) is 19.0 Å². The van der Waals surface area contributed by atoms with Crippen LogP contribution >= 0.6 is 0 Å². The van der Waals surface area contributed by atoms with Gasteiger partial charge in [0.25, 0.3) is 0 Å². The van der Waals surface area contributed by atoms with Gasteiger partial charge in [0.05, 0.1) is 17.8 Å². The number of aromatic nitrogens is 2. The molecule has 1 heterocycles. The van der Waals surface area contributed by atoms with E-state index in [2.05, 4.69) is 9.55 Å². The lowest BCUT2D eigenvalue weighted by molar-refractivity contribution is 0.00813. The summed E-state index contributed by atoms with van der Waals surface area (Å²) >= 11 is 0. The van der Waals surface area contributed by atoms with Crippen LogP contribution in [0.25, 0.3) is 0 Å². The Labute approximate surface area is 108 Å². The van der Waals surface area contributed by atoms with Crippen molar-refractivity contribution < 1.29 is 5.11 Å². The highest BCUT2D eigenvalue weighted by molar-refractivity contribution is 5.20. The number of nitrogens with zero attached hydrogens (tertiary/aromatic N) is 2. The van der Waals surface area contributed by atoms with Gasteiger partial charge in [-0.05, 0) is 51.4 Å². The van der Waals surface area contributed by atoms with Gasteiger partial charge in [0, 0.05) is 12.2 Å². The van der Waals surface area contributed by atoms with Crippen molar-refractivity contribution >= 4 is 0 Å². The van der Waals surface area contributed by atoms with E-state index in [1.54, 1.807) is 0 Å². The molecule has 2 aliphatic carbocycles. The van der Waals surface area contributed by atoms with Crippen LogP contribution in [0.5, 0.6) is 0 Å². The van der Waals surface area contributed by atoms with Gasteiger partial charge < -0.3 is 15.4 Å². The van der Waals surface area contributed by atoms with Crippen LogP contribution in [0.4, 0.5) is 0 Å². The van der Waals surface area contributed by atoms with Crippen molar-refractivity contribution in [3.8, 4) is 0 Å². The number of hydrogen-bond acceptors (Lipinski definition) is 3. The molecule has 0 radical (unpaired) electrons. The van der Waals surface area contributed by atoms with Gasteiger partial charge >= 0.3 is 0 Å². The molecule has 0 aliphatic heterocycles. The van der Waals surface area contributed by atoms with E-state index < -0.39 is 5.60 Å². The number of imidazole rings is 1. The van der Waals surface area contributed by atoms with Crippen LogP contribution in [-0.2, 0) is 19.4 Å². The summed E-state index contributed by atoms with van der Waals surface area (Å²) in [5, 5.41) is 10.7. The maximum atomic E-state index is 10.7. The second-order valence-corrected chi connectivity index (χ2v) is 5.93. The zero-order valence-electron chi connectivity index (χ0n) is 11.2. The van der Waals surface area contributed by atoms with E-state index in [4.69, 9.17) is 5.73 Å². The van der Waals surface area contributed by atoms with Gasteiger partial charge in [0.2, 0.25) is 0 Å². The summed E-state index contributed by atoms with van der Waals surface area (Å²) in [5.41, 5.74) is 7.66. The van der Waals surface area contributed by atoms with Gasteiger partial charge in [0.1, 0.15) is 5.82 Å². The fourth-order valence-corrected chi connectivity index (χ4v) is 3.20. The van der Waals surface area contributed by atoms with Gasteiger partial charge in [-0.2, -0.15) is 0 Å². The molecular formula is C14H23N3O. The standard InChI is InChI=1S/C14H23N3O/c1-10-16-12-4-2-3-5-13(12)17(10)9-14(18,8-15)11-6-7-11/h11,18H,2-9,15H2,1H3. The van der Waals surface area contributed by atoms with E-state index in [1.807, 2.05) is 6.92 Å².